The van der Waals surface area contributed by atoms with Crippen molar-refractivity contribution in [3.63, 3.8) is 0 Å². The molecule has 46 heavy (non-hydrogen) atoms. The van der Waals surface area contributed by atoms with E-state index in [1.54, 1.807) is 32.0 Å². The van der Waals surface area contributed by atoms with Gasteiger partial charge in [-0.15, -0.1) is 0 Å². The van der Waals surface area contributed by atoms with E-state index in [1.165, 1.54) is 17.0 Å². The van der Waals surface area contributed by atoms with Crippen molar-refractivity contribution >= 4 is 39.1 Å². The number of sulfonamides is 1. The number of anilines is 1. The molecular formula is C34H39ClF3N3O4S. The van der Waals surface area contributed by atoms with Crippen molar-refractivity contribution in [1.82, 2.24) is 10.2 Å². The van der Waals surface area contributed by atoms with Gasteiger partial charge in [0.05, 0.1) is 21.2 Å². The van der Waals surface area contributed by atoms with Crippen molar-refractivity contribution < 1.29 is 31.2 Å². The summed E-state index contributed by atoms with van der Waals surface area (Å²) in [4.78, 5) is 29.1. The molecule has 0 saturated heterocycles. The van der Waals surface area contributed by atoms with E-state index in [0.29, 0.717) is 10.4 Å². The maximum atomic E-state index is 14.3. The maximum Gasteiger partial charge on any atom is 0.417 e. The normalized spacial score (nSPS) is 14.8. The van der Waals surface area contributed by atoms with E-state index in [9.17, 15) is 31.2 Å². The van der Waals surface area contributed by atoms with Gasteiger partial charge in [0.15, 0.2) is 0 Å². The van der Waals surface area contributed by atoms with Crippen molar-refractivity contribution in [3.05, 3.63) is 94.0 Å². The molecule has 0 heterocycles. The van der Waals surface area contributed by atoms with Crippen LogP contribution in [-0.2, 0) is 32.3 Å². The first-order valence-corrected chi connectivity index (χ1v) is 17.1. The Kier molecular flexibility index (Phi) is 11.4. The molecule has 1 N–H and O–H groups in total. The molecule has 248 valence electrons. The molecule has 2 amide bonds. The van der Waals surface area contributed by atoms with Gasteiger partial charge in [0, 0.05) is 12.6 Å². The first kappa shape index (κ1) is 35.3. The standard InChI is InChI=1S/C34H39ClF3N3O4S/c1-4-31(33(43)39-26-12-6-5-7-13-26)40(21-25-11-9-8-10-24(25)3)32(42)22-41(46(44,45)28-17-14-23(2)15-18-28)27-16-19-30(35)29(20-27)34(36,37)38/h8-11,14-20,26,31H,4-7,12-13,21-22H2,1-3H3,(H,39,43). The Hall–Kier alpha value is -3.57. The minimum Gasteiger partial charge on any atom is -0.352 e. The second-order valence-corrected chi connectivity index (χ2v) is 14.0. The lowest BCUT2D eigenvalue weighted by Gasteiger charge is -2.35. The molecule has 0 radical (unpaired) electrons. The highest BCUT2D eigenvalue weighted by molar-refractivity contribution is 7.92. The minimum absolute atomic E-state index is 0.00502. The second kappa shape index (κ2) is 14.9. The van der Waals surface area contributed by atoms with Crippen LogP contribution in [0.15, 0.2) is 71.6 Å². The number of halogens is 4. The van der Waals surface area contributed by atoms with Crippen molar-refractivity contribution in [1.29, 1.82) is 0 Å². The van der Waals surface area contributed by atoms with Gasteiger partial charge in [-0.2, -0.15) is 13.2 Å². The van der Waals surface area contributed by atoms with E-state index in [4.69, 9.17) is 11.6 Å². The molecule has 0 bridgehead atoms. The molecule has 1 atom stereocenters. The summed E-state index contributed by atoms with van der Waals surface area (Å²) < 4.78 is 70.4. The highest BCUT2D eigenvalue weighted by Crippen LogP contribution is 2.38. The molecule has 3 aromatic rings. The Bertz CT molecular complexity index is 1640. The predicted octanol–water partition coefficient (Wildman–Crippen LogP) is 7.43. The van der Waals surface area contributed by atoms with E-state index in [-0.39, 0.29) is 35.5 Å². The lowest BCUT2D eigenvalue weighted by molar-refractivity contribution is -0.140. The molecular weight excluding hydrogens is 639 g/mol. The van der Waals surface area contributed by atoms with Crippen LogP contribution in [0.1, 0.15) is 67.7 Å². The first-order valence-electron chi connectivity index (χ1n) is 15.3. The summed E-state index contributed by atoms with van der Waals surface area (Å²) in [6, 6.07) is 14.8. The molecule has 7 nitrogen and oxygen atoms in total. The number of aryl methyl sites for hydroxylation is 2. The van der Waals surface area contributed by atoms with Gasteiger partial charge in [-0.1, -0.05) is 79.7 Å². The average Bonchev–Trinajstić information content (AvgIpc) is 3.01. The van der Waals surface area contributed by atoms with Crippen LogP contribution in [0.25, 0.3) is 0 Å². The molecule has 1 aliphatic rings. The zero-order valence-electron chi connectivity index (χ0n) is 26.1. The quantitative estimate of drug-likeness (QED) is 0.229. The molecule has 0 spiro atoms. The van der Waals surface area contributed by atoms with Crippen LogP contribution in [0.5, 0.6) is 0 Å². The van der Waals surface area contributed by atoms with Crippen molar-refractivity contribution in [2.24, 2.45) is 0 Å². The molecule has 0 aromatic heterocycles. The summed E-state index contributed by atoms with van der Waals surface area (Å²) in [6.45, 7) is 4.53. The number of alkyl halides is 3. The molecule has 1 saturated carbocycles. The van der Waals surface area contributed by atoms with E-state index in [0.717, 1.165) is 60.9 Å². The highest BCUT2D eigenvalue weighted by atomic mass is 35.5. The lowest BCUT2D eigenvalue weighted by atomic mass is 9.95. The fraction of sp³-hybridized carbons (Fsp3) is 0.412. The number of nitrogens with one attached hydrogen (secondary N) is 1. The van der Waals surface area contributed by atoms with Crippen molar-refractivity contribution in [2.45, 2.75) is 89.0 Å². The molecule has 1 fully saturated rings. The number of hydrogen-bond donors (Lipinski definition) is 1. The second-order valence-electron chi connectivity index (χ2n) is 11.7. The summed E-state index contributed by atoms with van der Waals surface area (Å²) in [5.41, 5.74) is 0.754. The van der Waals surface area contributed by atoms with Gasteiger partial charge in [0.1, 0.15) is 12.6 Å². The molecule has 12 heteroatoms. The van der Waals surface area contributed by atoms with Crippen LogP contribution < -0.4 is 9.62 Å². The van der Waals surface area contributed by atoms with Gasteiger partial charge in [0.25, 0.3) is 10.0 Å². The smallest absolute Gasteiger partial charge is 0.352 e. The fourth-order valence-corrected chi connectivity index (χ4v) is 7.32. The number of carbonyl (C=O) groups excluding carboxylic acids is 2. The number of rotatable bonds is 11. The van der Waals surface area contributed by atoms with E-state index < -0.39 is 45.3 Å². The summed E-state index contributed by atoms with van der Waals surface area (Å²) in [7, 11) is -4.56. The Morgan fingerprint density at radius 2 is 1.63 bits per heavy atom. The topological polar surface area (TPSA) is 86.8 Å². The average molecular weight is 678 g/mol. The van der Waals surface area contributed by atoms with Gasteiger partial charge in [-0.05, 0) is 74.6 Å². The maximum absolute atomic E-state index is 14.3. The number of amides is 2. The third-order valence-corrected chi connectivity index (χ3v) is 10.5. The number of benzene rings is 3. The summed E-state index contributed by atoms with van der Waals surface area (Å²) in [5.74, 6) is -1.09. The van der Waals surface area contributed by atoms with Gasteiger partial charge >= 0.3 is 6.18 Å². The number of hydrogen-bond acceptors (Lipinski definition) is 4. The van der Waals surface area contributed by atoms with Crippen molar-refractivity contribution in [3.8, 4) is 0 Å². The predicted molar refractivity (Wildman–Crippen MR) is 173 cm³/mol. The van der Waals surface area contributed by atoms with Crippen LogP contribution in [0.4, 0.5) is 18.9 Å². The van der Waals surface area contributed by atoms with E-state index in [1.807, 2.05) is 25.1 Å². The number of nitrogens with zero attached hydrogens (tertiary/aromatic N) is 2. The van der Waals surface area contributed by atoms with Gasteiger partial charge in [0.2, 0.25) is 11.8 Å². The van der Waals surface area contributed by atoms with Crippen LogP contribution in [0, 0.1) is 13.8 Å². The monoisotopic (exact) mass is 677 g/mol. The van der Waals surface area contributed by atoms with Crippen LogP contribution >= 0.6 is 11.6 Å². The highest BCUT2D eigenvalue weighted by Gasteiger charge is 2.37. The SMILES string of the molecule is CCC(C(=O)NC1CCCCC1)N(Cc1ccccc1C)C(=O)CN(c1ccc(Cl)c(C(F)(F)F)c1)S(=O)(=O)c1ccc(C)cc1. The largest absolute Gasteiger partial charge is 0.417 e. The van der Waals surface area contributed by atoms with Crippen LogP contribution in [0.2, 0.25) is 5.02 Å². The molecule has 0 aliphatic heterocycles. The van der Waals surface area contributed by atoms with Gasteiger partial charge in [-0.25, -0.2) is 8.42 Å². The molecule has 1 unspecified atom stereocenters. The fourth-order valence-electron chi connectivity index (χ4n) is 5.69. The Balaban J connectivity index is 1.78. The summed E-state index contributed by atoms with van der Waals surface area (Å²) in [6.07, 6.45) is 0.0788. The lowest BCUT2D eigenvalue weighted by Crippen LogP contribution is -2.54. The zero-order chi connectivity index (χ0) is 33.6. The summed E-state index contributed by atoms with van der Waals surface area (Å²) >= 11 is 5.86. The van der Waals surface area contributed by atoms with Crippen LogP contribution in [-0.4, -0.2) is 43.8 Å². The third kappa shape index (κ3) is 8.41. The summed E-state index contributed by atoms with van der Waals surface area (Å²) in [5, 5.41) is 2.47. The van der Waals surface area contributed by atoms with Gasteiger partial charge < -0.3 is 10.2 Å². The Morgan fingerprint density at radius 3 is 2.24 bits per heavy atom. The molecule has 1 aliphatic carbocycles. The van der Waals surface area contributed by atoms with Crippen LogP contribution in [0.3, 0.4) is 0 Å². The van der Waals surface area contributed by atoms with E-state index in [2.05, 4.69) is 5.32 Å². The molecule has 3 aromatic carbocycles. The third-order valence-electron chi connectivity index (χ3n) is 8.37. The van der Waals surface area contributed by atoms with Gasteiger partial charge in [-0.3, -0.25) is 13.9 Å². The zero-order valence-corrected chi connectivity index (χ0v) is 27.7. The van der Waals surface area contributed by atoms with E-state index >= 15 is 0 Å². The van der Waals surface area contributed by atoms with Crippen molar-refractivity contribution in [2.75, 3.05) is 10.8 Å². The molecule has 4 rings (SSSR count). The minimum atomic E-state index is -4.88. The first-order chi connectivity index (χ1) is 21.7. The number of carbonyl (C=O) groups is 2. The Labute approximate surface area is 273 Å². The Morgan fingerprint density at radius 1 is 0.978 bits per heavy atom.